The number of hydrogen-bond donors (Lipinski definition) is 1. The van der Waals surface area contributed by atoms with Crippen molar-refractivity contribution < 1.29 is 13.2 Å². The zero-order valence-corrected chi connectivity index (χ0v) is 13.2. The van der Waals surface area contributed by atoms with Gasteiger partial charge in [0.15, 0.2) is 0 Å². The second-order valence-corrected chi connectivity index (χ2v) is 5.63. The molecule has 21 heavy (non-hydrogen) atoms. The molecule has 0 aromatic carbocycles. The highest BCUT2D eigenvalue weighted by Crippen LogP contribution is 2.26. The summed E-state index contributed by atoms with van der Waals surface area (Å²) in [5.74, 6) is 1.24. The van der Waals surface area contributed by atoms with Crippen molar-refractivity contribution in [2.24, 2.45) is 0 Å². The lowest BCUT2D eigenvalue weighted by molar-refractivity contribution is -0.146. The number of halogens is 4. The van der Waals surface area contributed by atoms with Crippen molar-refractivity contribution in [2.45, 2.75) is 13.1 Å². The SMILES string of the molecule is CCNc1ncc(Br)c(N2CCN(CC(F)(F)F)CC2)n1. The zero-order chi connectivity index (χ0) is 15.5. The number of nitrogens with one attached hydrogen (secondary N) is 1. The Hall–Kier alpha value is -1.09. The molecule has 1 N–H and O–H groups in total. The van der Waals surface area contributed by atoms with Gasteiger partial charge in [-0.05, 0) is 22.9 Å². The molecule has 0 unspecified atom stereocenters. The summed E-state index contributed by atoms with van der Waals surface area (Å²) >= 11 is 3.39. The lowest BCUT2D eigenvalue weighted by Gasteiger charge is -2.36. The molecule has 1 aliphatic rings. The van der Waals surface area contributed by atoms with E-state index in [9.17, 15) is 13.2 Å². The van der Waals surface area contributed by atoms with E-state index in [2.05, 4.69) is 31.2 Å². The van der Waals surface area contributed by atoms with E-state index in [4.69, 9.17) is 0 Å². The predicted molar refractivity (Wildman–Crippen MR) is 78.6 cm³/mol. The number of alkyl halides is 3. The van der Waals surface area contributed by atoms with E-state index in [0.717, 1.165) is 4.47 Å². The van der Waals surface area contributed by atoms with Gasteiger partial charge in [-0.3, -0.25) is 4.90 Å². The fourth-order valence-corrected chi connectivity index (χ4v) is 2.64. The molecule has 1 aromatic heterocycles. The van der Waals surface area contributed by atoms with Crippen molar-refractivity contribution >= 4 is 27.7 Å². The van der Waals surface area contributed by atoms with Gasteiger partial charge in [-0.25, -0.2) is 4.98 Å². The van der Waals surface area contributed by atoms with Crippen molar-refractivity contribution in [1.29, 1.82) is 0 Å². The maximum absolute atomic E-state index is 12.4. The van der Waals surface area contributed by atoms with Crippen molar-refractivity contribution in [2.75, 3.05) is 49.5 Å². The highest BCUT2D eigenvalue weighted by Gasteiger charge is 2.32. The Morgan fingerprint density at radius 1 is 1.29 bits per heavy atom. The first kappa shape index (κ1) is 16.3. The van der Waals surface area contributed by atoms with E-state index in [1.807, 2.05) is 11.8 Å². The number of nitrogens with zero attached hydrogens (tertiary/aromatic N) is 4. The largest absolute Gasteiger partial charge is 0.401 e. The van der Waals surface area contributed by atoms with Crippen LogP contribution in [-0.2, 0) is 0 Å². The van der Waals surface area contributed by atoms with E-state index in [1.54, 1.807) is 6.20 Å². The minimum atomic E-state index is -4.14. The molecule has 5 nitrogen and oxygen atoms in total. The molecule has 118 valence electrons. The molecule has 1 saturated heterocycles. The van der Waals surface area contributed by atoms with Crippen LogP contribution in [0.5, 0.6) is 0 Å². The summed E-state index contributed by atoms with van der Waals surface area (Å²) in [6.07, 6.45) is -2.49. The molecule has 1 aromatic rings. The fraction of sp³-hybridized carbons (Fsp3) is 0.667. The molecular formula is C12H17BrF3N5. The number of rotatable bonds is 4. The van der Waals surface area contributed by atoms with Gasteiger partial charge >= 0.3 is 6.18 Å². The number of anilines is 2. The molecule has 0 spiro atoms. The Morgan fingerprint density at radius 3 is 2.52 bits per heavy atom. The van der Waals surface area contributed by atoms with E-state index in [1.165, 1.54) is 4.90 Å². The zero-order valence-electron chi connectivity index (χ0n) is 11.6. The second-order valence-electron chi connectivity index (χ2n) is 4.77. The third kappa shape index (κ3) is 4.70. The van der Waals surface area contributed by atoms with Crippen molar-refractivity contribution in [3.63, 3.8) is 0 Å². The summed E-state index contributed by atoms with van der Waals surface area (Å²) in [6.45, 7) is 3.56. The van der Waals surface area contributed by atoms with E-state index < -0.39 is 12.7 Å². The average Bonchev–Trinajstić information content (AvgIpc) is 2.40. The maximum Gasteiger partial charge on any atom is 0.401 e. The lowest BCUT2D eigenvalue weighted by Crippen LogP contribution is -2.49. The van der Waals surface area contributed by atoms with Gasteiger partial charge in [-0.2, -0.15) is 18.2 Å². The third-order valence-corrected chi connectivity index (χ3v) is 3.69. The molecule has 1 fully saturated rings. The summed E-state index contributed by atoms with van der Waals surface area (Å²) in [5.41, 5.74) is 0. The first-order chi connectivity index (χ1) is 9.89. The maximum atomic E-state index is 12.4. The molecule has 9 heteroatoms. The number of piperazine rings is 1. The third-order valence-electron chi connectivity index (χ3n) is 3.14. The predicted octanol–water partition coefficient (Wildman–Crippen LogP) is 2.36. The molecule has 1 aliphatic heterocycles. The Bertz CT molecular complexity index is 474. The fourth-order valence-electron chi connectivity index (χ4n) is 2.19. The second kappa shape index (κ2) is 6.78. The molecule has 0 aliphatic carbocycles. The van der Waals surface area contributed by atoms with Crippen LogP contribution in [0.3, 0.4) is 0 Å². The van der Waals surface area contributed by atoms with Crippen LogP contribution in [0.1, 0.15) is 6.92 Å². The molecule has 0 atom stereocenters. The smallest absolute Gasteiger partial charge is 0.354 e. The Morgan fingerprint density at radius 2 is 1.95 bits per heavy atom. The van der Waals surface area contributed by atoms with Crippen molar-refractivity contribution in [1.82, 2.24) is 14.9 Å². The molecule has 0 radical (unpaired) electrons. The summed E-state index contributed by atoms with van der Waals surface area (Å²) in [7, 11) is 0. The van der Waals surface area contributed by atoms with Crippen molar-refractivity contribution in [3.05, 3.63) is 10.7 Å². The van der Waals surface area contributed by atoms with E-state index in [0.29, 0.717) is 44.5 Å². The standard InChI is InChI=1S/C12H17BrF3N5/c1-2-17-11-18-7-9(13)10(19-11)21-5-3-20(4-6-21)8-12(14,15)16/h7H,2-6,8H2,1H3,(H,17,18,19). The summed E-state index contributed by atoms with van der Waals surface area (Å²) in [4.78, 5) is 11.9. The van der Waals surface area contributed by atoms with Gasteiger partial charge in [-0.15, -0.1) is 0 Å². The van der Waals surface area contributed by atoms with Crippen LogP contribution in [-0.4, -0.2) is 60.3 Å². The minimum absolute atomic E-state index is 0.368. The van der Waals surface area contributed by atoms with Crippen LogP contribution in [0.2, 0.25) is 0 Å². The monoisotopic (exact) mass is 367 g/mol. The van der Waals surface area contributed by atoms with Gasteiger partial charge in [0, 0.05) is 38.9 Å². The molecular weight excluding hydrogens is 351 g/mol. The van der Waals surface area contributed by atoms with Gasteiger partial charge in [0.2, 0.25) is 5.95 Å². The highest BCUT2D eigenvalue weighted by atomic mass is 79.9. The van der Waals surface area contributed by atoms with Crippen LogP contribution < -0.4 is 10.2 Å². The summed E-state index contributed by atoms with van der Waals surface area (Å²) in [6, 6.07) is 0. The molecule has 0 amide bonds. The lowest BCUT2D eigenvalue weighted by atomic mass is 10.3. The first-order valence-electron chi connectivity index (χ1n) is 6.69. The summed E-state index contributed by atoms with van der Waals surface area (Å²) < 4.78 is 37.9. The van der Waals surface area contributed by atoms with Crippen LogP contribution in [0.4, 0.5) is 24.9 Å². The van der Waals surface area contributed by atoms with Crippen molar-refractivity contribution in [3.8, 4) is 0 Å². The van der Waals surface area contributed by atoms with Crippen LogP contribution in [0, 0.1) is 0 Å². The van der Waals surface area contributed by atoms with E-state index in [-0.39, 0.29) is 0 Å². The summed E-state index contributed by atoms with van der Waals surface area (Å²) in [5, 5.41) is 3.03. The van der Waals surface area contributed by atoms with Gasteiger partial charge in [0.05, 0.1) is 11.0 Å². The van der Waals surface area contributed by atoms with Gasteiger partial charge in [0.1, 0.15) is 5.82 Å². The number of aromatic nitrogens is 2. The number of hydrogen-bond acceptors (Lipinski definition) is 5. The van der Waals surface area contributed by atoms with Crippen LogP contribution in [0.25, 0.3) is 0 Å². The first-order valence-corrected chi connectivity index (χ1v) is 7.49. The Labute approximate surface area is 129 Å². The van der Waals surface area contributed by atoms with Gasteiger partial charge in [0.25, 0.3) is 0 Å². The Balaban J connectivity index is 2.00. The molecule has 2 rings (SSSR count). The molecule has 0 saturated carbocycles. The Kier molecular flexibility index (Phi) is 5.26. The highest BCUT2D eigenvalue weighted by molar-refractivity contribution is 9.10. The quantitative estimate of drug-likeness (QED) is 0.884. The average molecular weight is 368 g/mol. The van der Waals surface area contributed by atoms with Crippen LogP contribution in [0.15, 0.2) is 10.7 Å². The van der Waals surface area contributed by atoms with E-state index >= 15 is 0 Å². The van der Waals surface area contributed by atoms with Gasteiger partial charge in [-0.1, -0.05) is 0 Å². The molecule has 2 heterocycles. The van der Waals surface area contributed by atoms with Crippen LogP contribution >= 0.6 is 15.9 Å². The minimum Gasteiger partial charge on any atom is -0.354 e. The molecule has 0 bridgehead atoms. The van der Waals surface area contributed by atoms with Gasteiger partial charge < -0.3 is 10.2 Å². The normalized spacial score (nSPS) is 17.1. The topological polar surface area (TPSA) is 44.3 Å².